The highest BCUT2D eigenvalue weighted by Crippen LogP contribution is 2.39. The van der Waals surface area contributed by atoms with Gasteiger partial charge in [0.1, 0.15) is 17.2 Å². The number of halogens is 2. The standard InChI is InChI=1S/C18H16BrFN2O4S.C5H7NO2.CH4/c1-21-18(23)16-12-8-13(19)14(22(2)27(3,24)25)9-15(12)26-17(16)10-4-6-11(20)7-5-10;1-3-5(4-2)6(7)8;/h4-9H,1-3H3,(H,21,23);3-4H,1H2,2H3;1H4/b;5-4+;. The molecule has 0 saturated heterocycles. The molecular weight excluding hydrogens is 557 g/mol. The Kier molecular flexibility index (Phi) is 10.6. The second-order valence-electron chi connectivity index (χ2n) is 7.10. The zero-order valence-corrected chi connectivity index (χ0v) is 21.7. The van der Waals surface area contributed by atoms with Crippen LogP contribution in [-0.4, -0.2) is 39.6 Å². The molecule has 0 bridgehead atoms. The number of anilines is 1. The molecule has 3 aromatic rings. The fourth-order valence-electron chi connectivity index (χ4n) is 2.98. The SMILES string of the molecule is C.C=C/C(=C\C)[N+](=O)[O-].CNC(=O)c1c(-c2ccc(F)cc2)oc2cc(N(C)S(C)(=O)=O)c(Br)cc12. The van der Waals surface area contributed by atoms with Crippen molar-refractivity contribution >= 4 is 48.5 Å². The van der Waals surface area contributed by atoms with Crippen molar-refractivity contribution in [3.05, 3.63) is 86.8 Å². The van der Waals surface area contributed by atoms with Crippen LogP contribution in [0, 0.1) is 15.9 Å². The normalized spacial score (nSPS) is 11.1. The van der Waals surface area contributed by atoms with Crippen molar-refractivity contribution in [3.63, 3.8) is 0 Å². The molecule has 0 aliphatic carbocycles. The molecule has 0 radical (unpaired) electrons. The number of nitrogens with one attached hydrogen (secondary N) is 1. The number of carbonyl (C=O) groups excluding carboxylic acids is 1. The van der Waals surface area contributed by atoms with Gasteiger partial charge in [-0.2, -0.15) is 0 Å². The molecule has 0 saturated carbocycles. The van der Waals surface area contributed by atoms with Crippen LogP contribution < -0.4 is 9.62 Å². The van der Waals surface area contributed by atoms with Gasteiger partial charge in [0.2, 0.25) is 10.0 Å². The number of carbonyl (C=O) groups is 1. The Morgan fingerprint density at radius 1 is 1.28 bits per heavy atom. The van der Waals surface area contributed by atoms with Crippen molar-refractivity contribution in [2.24, 2.45) is 0 Å². The molecule has 0 unspecified atom stereocenters. The maximum Gasteiger partial charge on any atom is 0.264 e. The van der Waals surface area contributed by atoms with Crippen LogP contribution in [0.4, 0.5) is 10.1 Å². The van der Waals surface area contributed by atoms with Gasteiger partial charge < -0.3 is 9.73 Å². The molecule has 2 aromatic carbocycles. The van der Waals surface area contributed by atoms with Crippen LogP contribution in [-0.2, 0) is 10.0 Å². The lowest BCUT2D eigenvalue weighted by Crippen LogP contribution is -2.25. The van der Waals surface area contributed by atoms with E-state index in [1.54, 1.807) is 19.1 Å². The number of rotatable bonds is 6. The Morgan fingerprint density at radius 3 is 2.28 bits per heavy atom. The van der Waals surface area contributed by atoms with Crippen LogP contribution in [0.5, 0.6) is 0 Å². The molecule has 1 amide bonds. The summed E-state index contributed by atoms with van der Waals surface area (Å²) in [6.07, 6.45) is 3.69. The summed E-state index contributed by atoms with van der Waals surface area (Å²) in [6, 6.07) is 8.74. The lowest BCUT2D eigenvalue weighted by molar-refractivity contribution is -0.419. The molecule has 1 heterocycles. The first-order chi connectivity index (χ1) is 16.3. The number of sulfonamides is 1. The van der Waals surface area contributed by atoms with Gasteiger partial charge in [0.25, 0.3) is 11.6 Å². The lowest BCUT2D eigenvalue weighted by Gasteiger charge is -2.18. The van der Waals surface area contributed by atoms with Gasteiger partial charge >= 0.3 is 0 Å². The first-order valence-corrected chi connectivity index (χ1v) is 12.6. The molecule has 3 rings (SSSR count). The summed E-state index contributed by atoms with van der Waals surface area (Å²) in [5.74, 6) is -0.504. The average Bonchev–Trinajstić information content (AvgIpc) is 3.16. The topological polar surface area (TPSA) is 123 Å². The maximum atomic E-state index is 13.3. The van der Waals surface area contributed by atoms with E-state index in [0.29, 0.717) is 26.7 Å². The van der Waals surface area contributed by atoms with E-state index in [-0.39, 0.29) is 30.4 Å². The summed E-state index contributed by atoms with van der Waals surface area (Å²) in [4.78, 5) is 21.8. The summed E-state index contributed by atoms with van der Waals surface area (Å²) in [5, 5.41) is 12.9. The van der Waals surface area contributed by atoms with E-state index in [2.05, 4.69) is 27.8 Å². The zero-order chi connectivity index (χ0) is 26.5. The Morgan fingerprint density at radius 2 is 1.86 bits per heavy atom. The van der Waals surface area contributed by atoms with Gasteiger partial charge in [-0.25, -0.2) is 12.8 Å². The van der Waals surface area contributed by atoms with Crippen LogP contribution >= 0.6 is 15.9 Å². The second-order valence-corrected chi connectivity index (χ2v) is 9.97. The molecule has 1 N–H and O–H groups in total. The third-order valence-corrected chi connectivity index (χ3v) is 6.70. The molecule has 36 heavy (non-hydrogen) atoms. The van der Waals surface area contributed by atoms with E-state index < -0.39 is 20.8 Å². The van der Waals surface area contributed by atoms with Crippen molar-refractivity contribution in [1.82, 2.24) is 5.32 Å². The number of amides is 1. The third kappa shape index (κ3) is 6.79. The minimum atomic E-state index is -3.49. The van der Waals surface area contributed by atoms with Gasteiger partial charge in [-0.05, 0) is 59.3 Å². The number of benzene rings is 2. The molecule has 0 spiro atoms. The average molecular weight is 584 g/mol. The van der Waals surface area contributed by atoms with Gasteiger partial charge in [0, 0.05) is 41.7 Å². The van der Waals surface area contributed by atoms with Crippen molar-refractivity contribution in [1.29, 1.82) is 0 Å². The van der Waals surface area contributed by atoms with Gasteiger partial charge in [-0.3, -0.25) is 19.2 Å². The van der Waals surface area contributed by atoms with E-state index in [0.717, 1.165) is 10.6 Å². The molecule has 1 aromatic heterocycles. The number of fused-ring (bicyclic) bond motifs is 1. The van der Waals surface area contributed by atoms with Crippen molar-refractivity contribution in [2.75, 3.05) is 24.7 Å². The summed E-state index contributed by atoms with van der Waals surface area (Å²) in [6.45, 7) is 4.84. The minimum Gasteiger partial charge on any atom is -0.455 e. The first kappa shape index (κ1) is 30.5. The Hall–Kier alpha value is -3.51. The van der Waals surface area contributed by atoms with Gasteiger partial charge in [0.15, 0.2) is 0 Å². The monoisotopic (exact) mass is 583 g/mol. The largest absolute Gasteiger partial charge is 0.455 e. The number of allylic oxidation sites excluding steroid dienone is 2. The van der Waals surface area contributed by atoms with Gasteiger partial charge in [-0.15, -0.1) is 0 Å². The second kappa shape index (κ2) is 12.5. The molecule has 194 valence electrons. The molecular formula is C24H27BrFN3O6S. The Balaban J connectivity index is 0.000000625. The zero-order valence-electron chi connectivity index (χ0n) is 19.3. The predicted molar refractivity (Wildman–Crippen MR) is 144 cm³/mol. The van der Waals surface area contributed by atoms with Crippen LogP contribution in [0.2, 0.25) is 0 Å². The fraction of sp³-hybridized carbons (Fsp3) is 0.208. The van der Waals surface area contributed by atoms with Gasteiger partial charge in [-0.1, -0.05) is 14.0 Å². The minimum absolute atomic E-state index is 0. The summed E-state index contributed by atoms with van der Waals surface area (Å²) < 4.78 is 44.5. The molecule has 0 atom stereocenters. The smallest absolute Gasteiger partial charge is 0.264 e. The Bertz CT molecular complexity index is 1420. The molecule has 0 aliphatic rings. The quantitative estimate of drug-likeness (QED) is 0.224. The molecule has 9 nitrogen and oxygen atoms in total. The van der Waals surface area contributed by atoms with E-state index in [1.165, 1.54) is 50.5 Å². The third-order valence-electron chi connectivity index (χ3n) is 4.87. The van der Waals surface area contributed by atoms with Crippen molar-refractivity contribution in [2.45, 2.75) is 14.4 Å². The molecule has 0 fully saturated rings. The van der Waals surface area contributed by atoms with Gasteiger partial charge in [0.05, 0.1) is 22.4 Å². The van der Waals surface area contributed by atoms with Crippen LogP contribution in [0.15, 0.2) is 69.7 Å². The van der Waals surface area contributed by atoms with Crippen LogP contribution in [0.1, 0.15) is 24.7 Å². The lowest BCUT2D eigenvalue weighted by atomic mass is 10.0. The molecule has 0 aliphatic heterocycles. The van der Waals surface area contributed by atoms with Crippen molar-refractivity contribution < 1.29 is 26.9 Å². The maximum absolute atomic E-state index is 13.3. The predicted octanol–water partition coefficient (Wildman–Crippen LogP) is 5.75. The van der Waals surface area contributed by atoms with E-state index >= 15 is 0 Å². The summed E-state index contributed by atoms with van der Waals surface area (Å²) in [7, 11) is -0.570. The number of nitro groups is 1. The van der Waals surface area contributed by atoms with E-state index in [4.69, 9.17) is 4.42 Å². The highest BCUT2D eigenvalue weighted by atomic mass is 79.9. The van der Waals surface area contributed by atoms with Crippen molar-refractivity contribution in [3.8, 4) is 11.3 Å². The fourth-order valence-corrected chi connectivity index (χ4v) is 4.21. The van der Waals surface area contributed by atoms with Crippen LogP contribution in [0.25, 0.3) is 22.3 Å². The van der Waals surface area contributed by atoms with E-state index in [9.17, 15) is 27.7 Å². The highest BCUT2D eigenvalue weighted by molar-refractivity contribution is 9.10. The Labute approximate surface area is 217 Å². The van der Waals surface area contributed by atoms with E-state index in [1.807, 2.05) is 0 Å². The van der Waals surface area contributed by atoms with Crippen LogP contribution in [0.3, 0.4) is 0 Å². The summed E-state index contributed by atoms with van der Waals surface area (Å²) in [5.41, 5.74) is 1.56. The number of nitrogens with zero attached hydrogens (tertiary/aromatic N) is 2. The number of hydrogen-bond donors (Lipinski definition) is 1. The number of hydrogen-bond acceptors (Lipinski definition) is 6. The first-order valence-electron chi connectivity index (χ1n) is 9.96. The highest BCUT2D eigenvalue weighted by Gasteiger charge is 2.24. The summed E-state index contributed by atoms with van der Waals surface area (Å²) >= 11 is 3.36. The molecule has 12 heteroatoms. The number of furan rings is 1.